The lowest BCUT2D eigenvalue weighted by Crippen LogP contribution is -1.93. The number of fused-ring (bicyclic) bond motifs is 10. The van der Waals surface area contributed by atoms with E-state index in [1.54, 1.807) is 0 Å². The van der Waals surface area contributed by atoms with E-state index >= 15 is 0 Å². The summed E-state index contributed by atoms with van der Waals surface area (Å²) >= 11 is 0. The Morgan fingerprint density at radius 3 is 2.21 bits per heavy atom. The van der Waals surface area contributed by atoms with Crippen LogP contribution in [0.4, 0.5) is 0 Å². The van der Waals surface area contributed by atoms with E-state index in [1.807, 2.05) is 13.8 Å². The molecule has 0 radical (unpaired) electrons. The van der Waals surface area contributed by atoms with Crippen LogP contribution in [-0.4, -0.2) is 9.38 Å². The van der Waals surface area contributed by atoms with Crippen molar-refractivity contribution in [2.75, 3.05) is 0 Å². The molecule has 0 bridgehead atoms. The lowest BCUT2D eigenvalue weighted by molar-refractivity contribution is 1.32. The lowest BCUT2D eigenvalue weighted by Gasteiger charge is -2.13. The van der Waals surface area contributed by atoms with Gasteiger partial charge in [-0.3, -0.25) is 4.40 Å². The number of para-hydroxylation sites is 2. The molecular weight excluding hydrogens is 472 g/mol. The van der Waals surface area contributed by atoms with Gasteiger partial charge in [-0.05, 0) is 77.2 Å². The first-order chi connectivity index (χ1) is 19.3. The van der Waals surface area contributed by atoms with Crippen LogP contribution in [-0.2, 0) is 0 Å². The van der Waals surface area contributed by atoms with Gasteiger partial charge in [0, 0.05) is 16.2 Å². The minimum absolute atomic E-state index is 1.01. The lowest BCUT2D eigenvalue weighted by atomic mass is 9.95. The van der Waals surface area contributed by atoms with Crippen LogP contribution in [0.1, 0.15) is 33.3 Å². The van der Waals surface area contributed by atoms with E-state index in [1.165, 1.54) is 54.7 Å². The zero-order valence-corrected chi connectivity index (χ0v) is 22.9. The molecule has 0 aliphatic heterocycles. The number of allylic oxidation sites excluding steroid dienone is 4. The average molecular weight is 505 g/mol. The number of rotatable bonds is 3. The third-order valence-electron chi connectivity index (χ3n) is 7.45. The van der Waals surface area contributed by atoms with Crippen LogP contribution in [0.15, 0.2) is 121 Å². The highest BCUT2D eigenvalue weighted by atomic mass is 15.0. The molecule has 2 aromatic heterocycles. The Morgan fingerprint density at radius 2 is 1.41 bits per heavy atom. The molecule has 0 aliphatic rings. The van der Waals surface area contributed by atoms with Crippen LogP contribution in [0.2, 0.25) is 0 Å². The van der Waals surface area contributed by atoms with E-state index in [0.29, 0.717) is 0 Å². The van der Waals surface area contributed by atoms with Crippen molar-refractivity contribution in [1.82, 2.24) is 9.38 Å². The topological polar surface area (TPSA) is 17.3 Å². The first kappa shape index (κ1) is 24.6. The Morgan fingerprint density at radius 1 is 0.667 bits per heavy atom. The van der Waals surface area contributed by atoms with Crippen LogP contribution < -0.4 is 0 Å². The van der Waals surface area contributed by atoms with Gasteiger partial charge in [-0.15, -0.1) is 0 Å². The quantitative estimate of drug-likeness (QED) is 0.173. The third-order valence-corrected chi connectivity index (χ3v) is 7.45. The first-order valence-corrected chi connectivity index (χ1v) is 13.8. The van der Waals surface area contributed by atoms with Crippen LogP contribution in [0.3, 0.4) is 0 Å². The summed E-state index contributed by atoms with van der Waals surface area (Å²) in [5.41, 5.74) is 9.23. The Bertz CT molecular complexity index is 2040. The molecule has 0 atom stereocenters. The minimum atomic E-state index is 1.01. The highest BCUT2D eigenvalue weighted by Crippen LogP contribution is 2.38. The standard InChI is InChI=1S/C35H26N2.C2H6/c1-3-9-23(4-2)24-14-16-25(17-15-24)27-19-21-32-30(22-27)34-28-11-6-5-10-26(28)18-20-29(34)35-36-31-12-7-8-13-33(31)37(32)35;1-2/h3-22H,1-2H3;1-2H3/b9-3-,23-4+;. The highest BCUT2D eigenvalue weighted by Gasteiger charge is 2.16. The normalized spacial score (nSPS) is 12.2. The molecule has 190 valence electrons. The molecule has 2 heteroatoms. The molecule has 0 amide bonds. The van der Waals surface area contributed by atoms with Crippen molar-refractivity contribution in [3.63, 3.8) is 0 Å². The van der Waals surface area contributed by atoms with Crippen molar-refractivity contribution in [1.29, 1.82) is 0 Å². The maximum absolute atomic E-state index is 5.08. The number of pyridine rings is 1. The van der Waals surface area contributed by atoms with Gasteiger partial charge in [0.2, 0.25) is 0 Å². The van der Waals surface area contributed by atoms with Crippen LogP contribution in [0.5, 0.6) is 0 Å². The van der Waals surface area contributed by atoms with E-state index in [-0.39, 0.29) is 0 Å². The smallest absolute Gasteiger partial charge is 0.146 e. The number of nitrogens with zero attached hydrogens (tertiary/aromatic N) is 2. The van der Waals surface area contributed by atoms with Crippen LogP contribution >= 0.6 is 0 Å². The maximum Gasteiger partial charge on any atom is 0.146 e. The van der Waals surface area contributed by atoms with Crippen molar-refractivity contribution in [3.8, 4) is 11.1 Å². The summed E-state index contributed by atoms with van der Waals surface area (Å²) in [6.45, 7) is 8.14. The van der Waals surface area contributed by atoms with Gasteiger partial charge in [-0.25, -0.2) is 4.98 Å². The summed E-state index contributed by atoms with van der Waals surface area (Å²) in [4.78, 5) is 5.08. The second-order valence-electron chi connectivity index (χ2n) is 9.52. The molecule has 39 heavy (non-hydrogen) atoms. The molecule has 7 aromatic rings. The van der Waals surface area contributed by atoms with Gasteiger partial charge < -0.3 is 0 Å². The average Bonchev–Trinajstić information content (AvgIpc) is 3.40. The van der Waals surface area contributed by atoms with Gasteiger partial charge in [0.1, 0.15) is 5.65 Å². The van der Waals surface area contributed by atoms with Gasteiger partial charge in [0.15, 0.2) is 0 Å². The molecule has 0 saturated heterocycles. The first-order valence-electron chi connectivity index (χ1n) is 13.8. The number of hydrogen-bond acceptors (Lipinski definition) is 1. The fourth-order valence-corrected chi connectivity index (χ4v) is 5.70. The highest BCUT2D eigenvalue weighted by molar-refractivity contribution is 6.24. The number of aromatic nitrogens is 2. The molecular formula is C37H32N2. The van der Waals surface area contributed by atoms with Gasteiger partial charge in [-0.1, -0.05) is 105 Å². The molecule has 0 unspecified atom stereocenters. The molecule has 0 aliphatic carbocycles. The molecule has 0 saturated carbocycles. The predicted molar refractivity (Wildman–Crippen MR) is 170 cm³/mol. The van der Waals surface area contributed by atoms with Crippen molar-refractivity contribution in [2.45, 2.75) is 27.7 Å². The van der Waals surface area contributed by atoms with E-state index in [9.17, 15) is 0 Å². The van der Waals surface area contributed by atoms with Crippen molar-refractivity contribution in [3.05, 3.63) is 127 Å². The fraction of sp³-hybridized carbons (Fsp3) is 0.108. The number of hydrogen-bond donors (Lipinski definition) is 0. The summed E-state index contributed by atoms with van der Waals surface area (Å²) in [5, 5.41) is 6.19. The van der Waals surface area contributed by atoms with Crippen LogP contribution in [0, 0.1) is 0 Å². The minimum Gasteiger partial charge on any atom is -0.292 e. The second kappa shape index (κ2) is 10.2. The number of imidazole rings is 1. The zero-order valence-electron chi connectivity index (χ0n) is 22.9. The summed E-state index contributed by atoms with van der Waals surface area (Å²) < 4.78 is 2.32. The van der Waals surface area contributed by atoms with E-state index in [0.717, 1.165) is 16.7 Å². The van der Waals surface area contributed by atoms with Crippen molar-refractivity contribution < 1.29 is 0 Å². The van der Waals surface area contributed by atoms with Gasteiger partial charge >= 0.3 is 0 Å². The molecule has 0 N–H and O–H groups in total. The van der Waals surface area contributed by atoms with Crippen molar-refractivity contribution in [2.24, 2.45) is 0 Å². The van der Waals surface area contributed by atoms with Gasteiger partial charge in [0.05, 0.1) is 16.6 Å². The van der Waals surface area contributed by atoms with Gasteiger partial charge in [-0.2, -0.15) is 0 Å². The summed E-state index contributed by atoms with van der Waals surface area (Å²) in [5.74, 6) is 0. The Hall–Kier alpha value is -4.69. The summed E-state index contributed by atoms with van der Waals surface area (Å²) in [6, 6.07) is 37.3. The SMILES string of the molecule is C/C=C\C(=C/C)c1ccc(-c2ccc3c(c2)c2c4ccccc4ccc2c2nc4ccccc4n32)cc1.CC. The van der Waals surface area contributed by atoms with E-state index < -0.39 is 0 Å². The van der Waals surface area contributed by atoms with E-state index in [4.69, 9.17) is 4.98 Å². The molecule has 2 nitrogen and oxygen atoms in total. The molecule has 5 aromatic carbocycles. The molecule has 2 heterocycles. The zero-order chi connectivity index (χ0) is 26.9. The largest absolute Gasteiger partial charge is 0.292 e. The fourth-order valence-electron chi connectivity index (χ4n) is 5.70. The summed E-state index contributed by atoms with van der Waals surface area (Å²) in [7, 11) is 0. The monoisotopic (exact) mass is 504 g/mol. The van der Waals surface area contributed by atoms with Crippen molar-refractivity contribution >= 4 is 54.7 Å². The van der Waals surface area contributed by atoms with Gasteiger partial charge in [0.25, 0.3) is 0 Å². The second-order valence-corrected chi connectivity index (χ2v) is 9.52. The Balaban J connectivity index is 0.00000135. The maximum atomic E-state index is 5.08. The summed E-state index contributed by atoms with van der Waals surface area (Å²) in [6.07, 6.45) is 6.40. The molecule has 0 fully saturated rings. The third kappa shape index (κ3) is 4.00. The van der Waals surface area contributed by atoms with E-state index in [2.05, 4.69) is 140 Å². The Kier molecular flexibility index (Phi) is 6.46. The Labute approximate surface area is 229 Å². The number of benzene rings is 5. The predicted octanol–water partition coefficient (Wildman–Crippen LogP) is 10.6. The van der Waals surface area contributed by atoms with Crippen LogP contribution in [0.25, 0.3) is 65.8 Å². The molecule has 0 spiro atoms. The molecule has 7 rings (SSSR count).